The molecular weight excluding hydrogens is 560 g/mol. The summed E-state index contributed by atoms with van der Waals surface area (Å²) >= 11 is 0. The Labute approximate surface area is 262 Å². The summed E-state index contributed by atoms with van der Waals surface area (Å²) in [5.41, 5.74) is 5.24. The van der Waals surface area contributed by atoms with Crippen LogP contribution in [0.1, 0.15) is 43.0 Å². The summed E-state index contributed by atoms with van der Waals surface area (Å²) in [6, 6.07) is 40.2. The van der Waals surface area contributed by atoms with Gasteiger partial charge >= 0.3 is 0 Å². The van der Waals surface area contributed by atoms with Crippen molar-refractivity contribution in [2.45, 2.75) is 13.5 Å². The van der Waals surface area contributed by atoms with Gasteiger partial charge in [-0.15, -0.1) is 0 Å². The van der Waals surface area contributed by atoms with E-state index >= 15 is 0 Å². The summed E-state index contributed by atoms with van der Waals surface area (Å²) in [5.74, 6) is -0.398. The van der Waals surface area contributed by atoms with E-state index in [0.717, 1.165) is 16.7 Å². The maximum atomic E-state index is 13.4. The monoisotopic (exact) mass is 592 g/mol. The van der Waals surface area contributed by atoms with Crippen LogP contribution in [0.5, 0.6) is 5.75 Å². The van der Waals surface area contributed by atoms with Crippen LogP contribution >= 0.6 is 0 Å². The zero-order valence-corrected chi connectivity index (χ0v) is 24.8. The number of nitrogens with one attached hydrogen (secondary N) is 2. The van der Waals surface area contributed by atoms with E-state index in [-0.39, 0.29) is 11.5 Å². The van der Waals surface area contributed by atoms with Crippen LogP contribution in [0.15, 0.2) is 145 Å². The lowest BCUT2D eigenvalue weighted by Crippen LogP contribution is -2.30. The summed E-state index contributed by atoms with van der Waals surface area (Å²) < 4.78 is 5.87. The summed E-state index contributed by atoms with van der Waals surface area (Å²) in [5, 5.41) is 5.57. The molecule has 2 N–H and O–H groups in total. The Kier molecular flexibility index (Phi) is 10.1. The van der Waals surface area contributed by atoms with Crippen LogP contribution in [0.3, 0.4) is 0 Å². The molecule has 5 rings (SSSR count). The molecule has 0 aliphatic carbocycles. The van der Waals surface area contributed by atoms with Gasteiger partial charge < -0.3 is 15.4 Å². The molecule has 222 valence electrons. The van der Waals surface area contributed by atoms with Crippen molar-refractivity contribution in [2.75, 3.05) is 5.32 Å². The normalized spacial score (nSPS) is 11.2. The van der Waals surface area contributed by atoms with Crippen molar-refractivity contribution in [1.82, 2.24) is 5.32 Å². The fraction of sp³-hybridized carbons (Fsp3) is 0.0513. The molecule has 0 bridgehead atoms. The molecule has 6 nitrogen and oxygen atoms in total. The summed E-state index contributed by atoms with van der Waals surface area (Å²) in [6.07, 6.45) is 4.93. The Morgan fingerprint density at radius 3 is 2.02 bits per heavy atom. The highest BCUT2D eigenvalue weighted by Crippen LogP contribution is 2.18. The van der Waals surface area contributed by atoms with Gasteiger partial charge in [0.1, 0.15) is 18.1 Å². The topological polar surface area (TPSA) is 84.5 Å². The van der Waals surface area contributed by atoms with E-state index < -0.39 is 11.8 Å². The van der Waals surface area contributed by atoms with Gasteiger partial charge in [-0.2, -0.15) is 0 Å². The van der Waals surface area contributed by atoms with Gasteiger partial charge in [-0.05, 0) is 89.9 Å². The molecule has 45 heavy (non-hydrogen) atoms. The summed E-state index contributed by atoms with van der Waals surface area (Å²) in [6.45, 7) is 2.42. The SMILES string of the molecule is Cc1ccccc1/C=C/C(=O)c1ccc(NC(=O)/C(=C/c2ccc(OCc3ccccc3)cc2)NC(=O)c2ccccc2)cc1. The first-order valence-corrected chi connectivity index (χ1v) is 14.5. The first-order chi connectivity index (χ1) is 21.9. The van der Waals surface area contributed by atoms with Gasteiger partial charge in [0.05, 0.1) is 0 Å². The van der Waals surface area contributed by atoms with Crippen molar-refractivity contribution in [3.05, 3.63) is 179 Å². The minimum Gasteiger partial charge on any atom is -0.489 e. The van der Waals surface area contributed by atoms with Crippen LogP contribution in [-0.4, -0.2) is 17.6 Å². The number of carbonyl (C=O) groups is 3. The highest BCUT2D eigenvalue weighted by molar-refractivity contribution is 6.11. The van der Waals surface area contributed by atoms with Crippen molar-refractivity contribution in [1.29, 1.82) is 0 Å². The molecule has 0 saturated carbocycles. The predicted molar refractivity (Wildman–Crippen MR) is 179 cm³/mol. The van der Waals surface area contributed by atoms with E-state index in [0.29, 0.717) is 34.7 Å². The molecular formula is C39H32N2O4. The Morgan fingerprint density at radius 1 is 0.689 bits per heavy atom. The van der Waals surface area contributed by atoms with Crippen LogP contribution in [0.25, 0.3) is 12.2 Å². The Bertz CT molecular complexity index is 1830. The number of amides is 2. The Hall–Kier alpha value is -6.01. The standard InChI is InChI=1S/C39H32N2O4/c1-28-10-8-9-13-31(28)20-25-37(42)32-18-21-34(22-19-32)40-39(44)36(41-38(43)33-14-6-3-7-15-33)26-29-16-23-35(24-17-29)45-27-30-11-4-2-5-12-30/h2-26H,27H2,1H3,(H,40,44)(H,41,43)/b25-20+,36-26-. The van der Waals surface area contributed by atoms with Crippen molar-refractivity contribution in [2.24, 2.45) is 0 Å². The summed E-state index contributed by atoms with van der Waals surface area (Å²) in [7, 11) is 0. The molecule has 0 unspecified atom stereocenters. The molecule has 0 aliphatic rings. The first kappa shape index (κ1) is 30.4. The van der Waals surface area contributed by atoms with Crippen molar-refractivity contribution in [3.63, 3.8) is 0 Å². The Balaban J connectivity index is 1.29. The van der Waals surface area contributed by atoms with E-state index in [1.165, 1.54) is 6.08 Å². The number of hydrogen-bond donors (Lipinski definition) is 2. The van der Waals surface area contributed by atoms with Gasteiger partial charge in [0.15, 0.2) is 5.78 Å². The number of benzene rings is 5. The number of anilines is 1. The number of carbonyl (C=O) groups excluding carboxylic acids is 3. The lowest BCUT2D eigenvalue weighted by Gasteiger charge is -2.12. The van der Waals surface area contributed by atoms with Crippen LogP contribution in [0.4, 0.5) is 5.69 Å². The predicted octanol–water partition coefficient (Wildman–Crippen LogP) is 7.88. The van der Waals surface area contributed by atoms with E-state index in [2.05, 4.69) is 10.6 Å². The number of ether oxygens (including phenoxy) is 1. The molecule has 0 atom stereocenters. The third kappa shape index (κ3) is 8.75. The molecule has 2 amide bonds. The molecule has 6 heteroatoms. The van der Waals surface area contributed by atoms with Crippen LogP contribution < -0.4 is 15.4 Å². The molecule has 5 aromatic rings. The third-order valence-electron chi connectivity index (χ3n) is 7.00. The van der Waals surface area contributed by atoms with Crippen molar-refractivity contribution < 1.29 is 19.1 Å². The number of aryl methyl sites for hydroxylation is 1. The fourth-order valence-electron chi connectivity index (χ4n) is 4.46. The van der Waals surface area contributed by atoms with Crippen LogP contribution in [-0.2, 0) is 11.4 Å². The largest absolute Gasteiger partial charge is 0.489 e. The number of rotatable bonds is 11. The summed E-state index contributed by atoms with van der Waals surface area (Å²) in [4.78, 5) is 39.1. The number of ketones is 1. The van der Waals surface area contributed by atoms with Gasteiger partial charge in [0.25, 0.3) is 11.8 Å². The molecule has 0 fully saturated rings. The second-order valence-corrected chi connectivity index (χ2v) is 10.3. The third-order valence-corrected chi connectivity index (χ3v) is 7.00. The van der Waals surface area contributed by atoms with Gasteiger partial charge in [-0.3, -0.25) is 14.4 Å². The zero-order chi connectivity index (χ0) is 31.4. The fourth-order valence-corrected chi connectivity index (χ4v) is 4.46. The molecule has 5 aromatic carbocycles. The Morgan fingerprint density at radius 2 is 1.33 bits per heavy atom. The van der Waals surface area contributed by atoms with Gasteiger partial charge in [0.2, 0.25) is 0 Å². The zero-order valence-electron chi connectivity index (χ0n) is 24.8. The molecule has 0 aromatic heterocycles. The van der Waals surface area contributed by atoms with Gasteiger partial charge in [-0.25, -0.2) is 0 Å². The van der Waals surface area contributed by atoms with Gasteiger partial charge in [-0.1, -0.05) is 91.0 Å². The first-order valence-electron chi connectivity index (χ1n) is 14.5. The maximum absolute atomic E-state index is 13.4. The van der Waals surface area contributed by atoms with E-state index in [9.17, 15) is 14.4 Å². The lowest BCUT2D eigenvalue weighted by atomic mass is 10.1. The molecule has 0 spiro atoms. The average Bonchev–Trinajstić information content (AvgIpc) is 3.08. The number of allylic oxidation sites excluding steroid dienone is 1. The van der Waals surface area contributed by atoms with E-state index in [1.54, 1.807) is 60.7 Å². The van der Waals surface area contributed by atoms with Gasteiger partial charge in [0, 0.05) is 16.8 Å². The minimum absolute atomic E-state index is 0.0584. The minimum atomic E-state index is -0.512. The second kappa shape index (κ2) is 14.9. The van der Waals surface area contributed by atoms with Crippen molar-refractivity contribution >= 4 is 35.4 Å². The molecule has 0 saturated heterocycles. The molecule has 0 radical (unpaired) electrons. The average molecular weight is 593 g/mol. The van der Waals surface area contributed by atoms with Crippen molar-refractivity contribution in [3.8, 4) is 5.75 Å². The smallest absolute Gasteiger partial charge is 0.272 e. The van der Waals surface area contributed by atoms with E-state index in [4.69, 9.17) is 4.74 Å². The molecule has 0 heterocycles. The van der Waals surface area contributed by atoms with Crippen LogP contribution in [0, 0.1) is 6.92 Å². The lowest BCUT2D eigenvalue weighted by molar-refractivity contribution is -0.113. The highest BCUT2D eigenvalue weighted by Gasteiger charge is 2.15. The number of hydrogen-bond acceptors (Lipinski definition) is 4. The molecule has 0 aliphatic heterocycles. The second-order valence-electron chi connectivity index (χ2n) is 10.3. The van der Waals surface area contributed by atoms with E-state index in [1.807, 2.05) is 91.9 Å². The quantitative estimate of drug-likeness (QED) is 0.121. The highest BCUT2D eigenvalue weighted by atomic mass is 16.5. The maximum Gasteiger partial charge on any atom is 0.272 e. The van der Waals surface area contributed by atoms with Crippen LogP contribution in [0.2, 0.25) is 0 Å².